The summed E-state index contributed by atoms with van der Waals surface area (Å²) in [6, 6.07) is 12.2. The molecule has 8 heteroatoms. The van der Waals surface area contributed by atoms with Crippen LogP contribution in [0, 0.1) is 0 Å². The van der Waals surface area contributed by atoms with E-state index in [1.165, 1.54) is 22.9 Å². The Morgan fingerprint density at radius 2 is 1.93 bits per heavy atom. The Morgan fingerprint density at radius 1 is 1.13 bits per heavy atom. The fourth-order valence-electron chi connectivity index (χ4n) is 3.60. The van der Waals surface area contributed by atoms with Gasteiger partial charge in [0.1, 0.15) is 0 Å². The van der Waals surface area contributed by atoms with Crippen LogP contribution < -0.4 is 0 Å². The number of fused-ring (bicyclic) bond motifs is 1. The lowest BCUT2D eigenvalue weighted by molar-refractivity contribution is -0.129. The maximum atomic E-state index is 12.8. The van der Waals surface area contributed by atoms with E-state index in [-0.39, 0.29) is 5.91 Å². The van der Waals surface area contributed by atoms with Crippen molar-refractivity contribution in [2.75, 3.05) is 26.0 Å². The van der Waals surface area contributed by atoms with Gasteiger partial charge in [0.25, 0.3) is 0 Å². The average Bonchev–Trinajstić information content (AvgIpc) is 3.20. The fourth-order valence-corrected chi connectivity index (χ4v) is 4.47. The predicted molar refractivity (Wildman–Crippen MR) is 116 cm³/mol. The van der Waals surface area contributed by atoms with Gasteiger partial charge in [-0.25, -0.2) is 0 Å². The van der Waals surface area contributed by atoms with E-state index in [1.807, 2.05) is 23.1 Å². The summed E-state index contributed by atoms with van der Waals surface area (Å²) in [5, 5.41) is 9.51. The highest BCUT2D eigenvalue weighted by molar-refractivity contribution is 7.99. The van der Waals surface area contributed by atoms with E-state index in [0.717, 1.165) is 42.5 Å². The van der Waals surface area contributed by atoms with E-state index < -0.39 is 0 Å². The molecule has 3 heterocycles. The number of rotatable bonds is 8. The molecule has 3 aromatic rings. The van der Waals surface area contributed by atoms with Crippen LogP contribution in [-0.2, 0) is 29.0 Å². The predicted octanol–water partition coefficient (Wildman–Crippen LogP) is 3.05. The molecule has 156 valence electrons. The number of carbonyl (C=O) groups excluding carboxylic acids is 1. The standard InChI is InChI=1S/C22H25N5O2S/c1-29-14-4-12-27-21(18-7-10-23-11-8-18)24-25-22(27)30-16-20(28)26-13-9-17-5-2-3-6-19(17)15-26/h2-3,5-8,10-11H,4,9,12-16H2,1H3. The molecule has 1 aliphatic heterocycles. The van der Waals surface area contributed by atoms with Gasteiger partial charge >= 0.3 is 0 Å². The van der Waals surface area contributed by atoms with E-state index in [1.54, 1.807) is 19.5 Å². The molecule has 0 aliphatic carbocycles. The quantitative estimate of drug-likeness (QED) is 0.410. The monoisotopic (exact) mass is 423 g/mol. The second kappa shape index (κ2) is 9.86. The highest BCUT2D eigenvalue weighted by Crippen LogP contribution is 2.25. The Morgan fingerprint density at radius 3 is 2.73 bits per heavy atom. The smallest absolute Gasteiger partial charge is 0.233 e. The number of ether oxygens (including phenoxy) is 1. The number of amides is 1. The van der Waals surface area contributed by atoms with Gasteiger partial charge in [-0.05, 0) is 36.1 Å². The Kier molecular flexibility index (Phi) is 6.76. The maximum Gasteiger partial charge on any atom is 0.233 e. The van der Waals surface area contributed by atoms with E-state index >= 15 is 0 Å². The van der Waals surface area contributed by atoms with Crippen molar-refractivity contribution in [3.05, 3.63) is 59.9 Å². The van der Waals surface area contributed by atoms with Crippen LogP contribution in [-0.4, -0.2) is 56.6 Å². The number of methoxy groups -OCH3 is 1. The van der Waals surface area contributed by atoms with Crippen LogP contribution in [0.15, 0.2) is 53.9 Å². The molecule has 0 N–H and O–H groups in total. The number of carbonyl (C=O) groups is 1. The number of thioether (sulfide) groups is 1. The SMILES string of the molecule is COCCCn1c(SCC(=O)N2CCc3ccccc3C2)nnc1-c1ccncc1. The zero-order valence-corrected chi connectivity index (χ0v) is 17.8. The summed E-state index contributed by atoms with van der Waals surface area (Å²) in [7, 11) is 1.70. The first-order valence-corrected chi connectivity index (χ1v) is 11.0. The maximum absolute atomic E-state index is 12.8. The summed E-state index contributed by atoms with van der Waals surface area (Å²) in [5.74, 6) is 1.27. The van der Waals surface area contributed by atoms with Gasteiger partial charge in [0, 0.05) is 51.3 Å². The van der Waals surface area contributed by atoms with E-state index in [0.29, 0.717) is 18.9 Å². The molecule has 2 aromatic heterocycles. The molecule has 0 unspecified atom stereocenters. The lowest BCUT2D eigenvalue weighted by atomic mass is 10.00. The van der Waals surface area contributed by atoms with Gasteiger partial charge in [-0.3, -0.25) is 9.78 Å². The minimum absolute atomic E-state index is 0.131. The van der Waals surface area contributed by atoms with Gasteiger partial charge in [0.2, 0.25) is 5.91 Å². The molecule has 1 aliphatic rings. The van der Waals surface area contributed by atoms with Gasteiger partial charge in [-0.2, -0.15) is 0 Å². The number of hydrogen-bond acceptors (Lipinski definition) is 6. The zero-order valence-electron chi connectivity index (χ0n) is 17.0. The Labute approximate surface area is 180 Å². The molecule has 0 fully saturated rings. The van der Waals surface area contributed by atoms with Gasteiger partial charge in [-0.15, -0.1) is 10.2 Å². The van der Waals surface area contributed by atoms with Crippen LogP contribution in [0.2, 0.25) is 0 Å². The molecule has 0 saturated carbocycles. The van der Waals surface area contributed by atoms with Gasteiger partial charge < -0.3 is 14.2 Å². The van der Waals surface area contributed by atoms with Crippen LogP contribution in [0.25, 0.3) is 11.4 Å². The third-order valence-electron chi connectivity index (χ3n) is 5.19. The van der Waals surface area contributed by atoms with Crippen LogP contribution in [0.4, 0.5) is 0 Å². The highest BCUT2D eigenvalue weighted by Gasteiger charge is 2.22. The second-order valence-corrected chi connectivity index (χ2v) is 8.11. The number of benzene rings is 1. The summed E-state index contributed by atoms with van der Waals surface area (Å²) in [4.78, 5) is 18.9. The molecule has 30 heavy (non-hydrogen) atoms. The van der Waals surface area contributed by atoms with Gasteiger partial charge in [0.15, 0.2) is 11.0 Å². The lowest BCUT2D eigenvalue weighted by Gasteiger charge is -2.28. The Bertz CT molecular complexity index is 992. The molecule has 0 saturated heterocycles. The summed E-state index contributed by atoms with van der Waals surface area (Å²) in [6.07, 6.45) is 5.24. The first-order valence-electron chi connectivity index (χ1n) is 10.1. The molecular weight excluding hydrogens is 398 g/mol. The van der Waals surface area contributed by atoms with E-state index in [9.17, 15) is 4.79 Å². The highest BCUT2D eigenvalue weighted by atomic mass is 32.2. The number of nitrogens with zero attached hydrogens (tertiary/aromatic N) is 5. The van der Waals surface area contributed by atoms with Crippen molar-refractivity contribution in [3.8, 4) is 11.4 Å². The van der Waals surface area contributed by atoms with Crippen molar-refractivity contribution in [1.29, 1.82) is 0 Å². The van der Waals surface area contributed by atoms with Crippen molar-refractivity contribution < 1.29 is 9.53 Å². The first kappa shape index (κ1) is 20.6. The Hall–Kier alpha value is -2.71. The third-order valence-corrected chi connectivity index (χ3v) is 6.15. The number of aromatic nitrogens is 4. The second-order valence-electron chi connectivity index (χ2n) is 7.16. The van der Waals surface area contributed by atoms with Crippen molar-refractivity contribution in [1.82, 2.24) is 24.6 Å². The normalized spacial score (nSPS) is 13.3. The molecule has 0 radical (unpaired) electrons. The zero-order chi connectivity index (χ0) is 20.8. The van der Waals surface area contributed by atoms with Crippen LogP contribution in [0.5, 0.6) is 0 Å². The van der Waals surface area contributed by atoms with Crippen LogP contribution in [0.1, 0.15) is 17.5 Å². The summed E-state index contributed by atoms with van der Waals surface area (Å²) < 4.78 is 7.27. The molecule has 7 nitrogen and oxygen atoms in total. The lowest BCUT2D eigenvalue weighted by Crippen LogP contribution is -2.37. The van der Waals surface area contributed by atoms with Gasteiger partial charge in [0.05, 0.1) is 5.75 Å². The van der Waals surface area contributed by atoms with Gasteiger partial charge in [-0.1, -0.05) is 36.0 Å². The molecule has 0 spiro atoms. The van der Waals surface area contributed by atoms with E-state index in [2.05, 4.69) is 37.9 Å². The minimum atomic E-state index is 0.131. The summed E-state index contributed by atoms with van der Waals surface area (Å²) >= 11 is 1.45. The van der Waals surface area contributed by atoms with Crippen molar-refractivity contribution in [2.24, 2.45) is 0 Å². The van der Waals surface area contributed by atoms with Crippen LogP contribution in [0.3, 0.4) is 0 Å². The van der Waals surface area contributed by atoms with Crippen molar-refractivity contribution >= 4 is 17.7 Å². The fraction of sp³-hybridized carbons (Fsp3) is 0.364. The molecule has 4 rings (SSSR count). The van der Waals surface area contributed by atoms with Crippen molar-refractivity contribution in [3.63, 3.8) is 0 Å². The average molecular weight is 424 g/mol. The first-order chi connectivity index (χ1) is 14.8. The number of hydrogen-bond donors (Lipinski definition) is 0. The van der Waals surface area contributed by atoms with Crippen LogP contribution >= 0.6 is 11.8 Å². The molecule has 0 atom stereocenters. The Balaban J connectivity index is 1.45. The molecular formula is C22H25N5O2S. The molecule has 0 bridgehead atoms. The molecule has 1 amide bonds. The minimum Gasteiger partial charge on any atom is -0.385 e. The third kappa shape index (κ3) is 4.71. The van der Waals surface area contributed by atoms with E-state index in [4.69, 9.17) is 4.74 Å². The largest absolute Gasteiger partial charge is 0.385 e. The molecule has 1 aromatic carbocycles. The van der Waals surface area contributed by atoms with Crippen molar-refractivity contribution in [2.45, 2.75) is 31.1 Å². The topological polar surface area (TPSA) is 73.1 Å². The number of pyridine rings is 1. The summed E-state index contributed by atoms with van der Waals surface area (Å²) in [6.45, 7) is 2.83. The summed E-state index contributed by atoms with van der Waals surface area (Å²) in [5.41, 5.74) is 3.54.